The third-order valence-electron chi connectivity index (χ3n) is 3.76. The van der Waals surface area contributed by atoms with Crippen LogP contribution in [0.15, 0.2) is 12.1 Å². The average molecular weight is 293 g/mol. The van der Waals surface area contributed by atoms with E-state index in [1.807, 2.05) is 6.07 Å². The Labute approximate surface area is 126 Å². The maximum Gasteiger partial charge on any atom is 0.239 e. The fourth-order valence-corrected chi connectivity index (χ4v) is 2.54. The Morgan fingerprint density at radius 1 is 1.33 bits per heavy atom. The monoisotopic (exact) mass is 293 g/mol. The second-order valence-electron chi connectivity index (χ2n) is 6.25. The SMILES string of the molecule is CC(C)COc1nc(NC2CCCCCC2O)ccc1N. The van der Waals surface area contributed by atoms with Gasteiger partial charge in [0.1, 0.15) is 5.82 Å². The Balaban J connectivity index is 2.03. The minimum atomic E-state index is -0.313. The van der Waals surface area contributed by atoms with Crippen LogP contribution in [0.25, 0.3) is 0 Å². The van der Waals surface area contributed by atoms with Gasteiger partial charge in [0.15, 0.2) is 0 Å². The van der Waals surface area contributed by atoms with Crippen molar-refractivity contribution >= 4 is 11.5 Å². The second kappa shape index (κ2) is 7.50. The first kappa shape index (κ1) is 15.9. The molecule has 0 aliphatic heterocycles. The lowest BCUT2D eigenvalue weighted by atomic mass is 10.1. The number of hydrogen-bond acceptors (Lipinski definition) is 5. The summed E-state index contributed by atoms with van der Waals surface area (Å²) in [5, 5.41) is 13.5. The molecule has 21 heavy (non-hydrogen) atoms. The summed E-state index contributed by atoms with van der Waals surface area (Å²) < 4.78 is 5.64. The van der Waals surface area contributed by atoms with E-state index >= 15 is 0 Å². The highest BCUT2D eigenvalue weighted by molar-refractivity contribution is 5.54. The summed E-state index contributed by atoms with van der Waals surface area (Å²) in [6.45, 7) is 4.76. The highest BCUT2D eigenvalue weighted by Gasteiger charge is 2.22. The summed E-state index contributed by atoms with van der Waals surface area (Å²) in [4.78, 5) is 4.43. The fraction of sp³-hybridized carbons (Fsp3) is 0.688. The van der Waals surface area contributed by atoms with Crippen molar-refractivity contribution in [2.24, 2.45) is 5.92 Å². The van der Waals surface area contributed by atoms with Crippen LogP contribution < -0.4 is 15.8 Å². The van der Waals surface area contributed by atoms with Crippen LogP contribution in [0.5, 0.6) is 5.88 Å². The van der Waals surface area contributed by atoms with Crippen LogP contribution in [0.4, 0.5) is 11.5 Å². The molecule has 1 heterocycles. The number of nitrogens with zero attached hydrogens (tertiary/aromatic N) is 1. The van der Waals surface area contributed by atoms with E-state index in [0.29, 0.717) is 29.9 Å². The van der Waals surface area contributed by atoms with Gasteiger partial charge >= 0.3 is 0 Å². The third kappa shape index (κ3) is 4.77. The largest absolute Gasteiger partial charge is 0.476 e. The molecular weight excluding hydrogens is 266 g/mol. The predicted octanol–water partition coefficient (Wildman–Crippen LogP) is 2.80. The van der Waals surface area contributed by atoms with Crippen molar-refractivity contribution in [1.82, 2.24) is 4.98 Å². The molecule has 2 rings (SSSR count). The summed E-state index contributed by atoms with van der Waals surface area (Å²) in [5.41, 5.74) is 6.44. The highest BCUT2D eigenvalue weighted by Crippen LogP contribution is 2.25. The molecule has 2 unspecified atom stereocenters. The zero-order chi connectivity index (χ0) is 15.2. The van der Waals surface area contributed by atoms with E-state index in [0.717, 1.165) is 25.7 Å². The van der Waals surface area contributed by atoms with E-state index in [4.69, 9.17) is 10.5 Å². The number of ether oxygens (including phenoxy) is 1. The number of nitrogens with two attached hydrogens (primary N) is 1. The van der Waals surface area contributed by atoms with Crippen molar-refractivity contribution in [2.75, 3.05) is 17.7 Å². The molecule has 0 aromatic carbocycles. The minimum absolute atomic E-state index is 0.0570. The number of aromatic nitrogens is 1. The molecule has 1 aromatic heterocycles. The molecule has 1 saturated carbocycles. The van der Waals surface area contributed by atoms with Crippen LogP contribution in [0.1, 0.15) is 46.0 Å². The van der Waals surface area contributed by atoms with E-state index < -0.39 is 0 Å². The lowest BCUT2D eigenvalue weighted by molar-refractivity contribution is 0.144. The molecule has 0 amide bonds. The molecule has 1 aromatic rings. The Morgan fingerprint density at radius 3 is 2.86 bits per heavy atom. The number of aliphatic hydroxyl groups excluding tert-OH is 1. The van der Waals surface area contributed by atoms with Crippen LogP contribution in [0, 0.1) is 5.92 Å². The molecule has 0 spiro atoms. The first-order valence-electron chi connectivity index (χ1n) is 7.90. The van der Waals surface area contributed by atoms with Gasteiger partial charge in [-0.2, -0.15) is 4.98 Å². The van der Waals surface area contributed by atoms with E-state index in [1.54, 1.807) is 6.07 Å². The predicted molar refractivity (Wildman–Crippen MR) is 85.5 cm³/mol. The molecule has 1 aliphatic carbocycles. The average Bonchev–Trinajstić information content (AvgIpc) is 2.64. The van der Waals surface area contributed by atoms with Crippen molar-refractivity contribution in [3.05, 3.63) is 12.1 Å². The summed E-state index contributed by atoms with van der Waals surface area (Å²) in [6, 6.07) is 3.70. The van der Waals surface area contributed by atoms with Crippen molar-refractivity contribution < 1.29 is 9.84 Å². The van der Waals surface area contributed by atoms with Gasteiger partial charge < -0.3 is 20.9 Å². The molecule has 4 N–H and O–H groups in total. The molecule has 0 saturated heterocycles. The lowest BCUT2D eigenvalue weighted by Crippen LogP contribution is -2.32. The zero-order valence-corrected chi connectivity index (χ0v) is 13.0. The first-order valence-corrected chi connectivity index (χ1v) is 7.90. The summed E-state index contributed by atoms with van der Waals surface area (Å²) in [5.74, 6) is 1.61. The van der Waals surface area contributed by atoms with Crippen molar-refractivity contribution in [1.29, 1.82) is 0 Å². The summed E-state index contributed by atoms with van der Waals surface area (Å²) in [6.07, 6.45) is 4.93. The van der Waals surface area contributed by atoms with Gasteiger partial charge in [-0.15, -0.1) is 0 Å². The van der Waals surface area contributed by atoms with Crippen LogP contribution in [-0.4, -0.2) is 28.8 Å². The quantitative estimate of drug-likeness (QED) is 0.727. The van der Waals surface area contributed by atoms with E-state index in [9.17, 15) is 5.11 Å². The molecule has 5 nitrogen and oxygen atoms in total. The number of anilines is 2. The first-order chi connectivity index (χ1) is 10.1. The number of pyridine rings is 1. The van der Waals surface area contributed by atoms with E-state index in [2.05, 4.69) is 24.1 Å². The molecule has 118 valence electrons. The van der Waals surface area contributed by atoms with Crippen LogP contribution in [0.3, 0.4) is 0 Å². The topological polar surface area (TPSA) is 80.4 Å². The van der Waals surface area contributed by atoms with Crippen LogP contribution >= 0.6 is 0 Å². The van der Waals surface area contributed by atoms with Gasteiger partial charge in [-0.05, 0) is 30.9 Å². The summed E-state index contributed by atoms with van der Waals surface area (Å²) >= 11 is 0. The Morgan fingerprint density at radius 2 is 2.10 bits per heavy atom. The van der Waals surface area contributed by atoms with Gasteiger partial charge in [0, 0.05) is 0 Å². The molecule has 5 heteroatoms. The molecule has 0 bridgehead atoms. The third-order valence-corrected chi connectivity index (χ3v) is 3.76. The van der Waals surface area contributed by atoms with Gasteiger partial charge in [0.05, 0.1) is 24.4 Å². The van der Waals surface area contributed by atoms with Gasteiger partial charge in [-0.25, -0.2) is 0 Å². The molecular formula is C16H27N3O2. The lowest BCUT2D eigenvalue weighted by Gasteiger charge is -2.22. The van der Waals surface area contributed by atoms with Gasteiger partial charge in [-0.3, -0.25) is 0 Å². The van der Waals surface area contributed by atoms with Crippen molar-refractivity contribution in [2.45, 2.75) is 58.1 Å². The fourth-order valence-electron chi connectivity index (χ4n) is 2.54. The standard InChI is InChI=1S/C16H27N3O2/c1-11(2)10-21-16-12(17)8-9-15(19-16)18-13-6-4-3-5-7-14(13)20/h8-9,11,13-14,20H,3-7,10,17H2,1-2H3,(H,18,19). The Hall–Kier alpha value is -1.49. The molecule has 0 radical (unpaired) electrons. The Bertz CT molecular complexity index is 451. The van der Waals surface area contributed by atoms with Crippen molar-refractivity contribution in [3.8, 4) is 5.88 Å². The van der Waals surface area contributed by atoms with Crippen LogP contribution in [-0.2, 0) is 0 Å². The van der Waals surface area contributed by atoms with Crippen molar-refractivity contribution in [3.63, 3.8) is 0 Å². The molecule has 1 fully saturated rings. The number of rotatable bonds is 5. The smallest absolute Gasteiger partial charge is 0.239 e. The molecule has 1 aliphatic rings. The number of nitrogens with one attached hydrogen (secondary N) is 1. The second-order valence-corrected chi connectivity index (χ2v) is 6.25. The molecule has 2 atom stereocenters. The van der Waals surface area contributed by atoms with Gasteiger partial charge in [-0.1, -0.05) is 33.1 Å². The maximum absolute atomic E-state index is 10.2. The maximum atomic E-state index is 10.2. The summed E-state index contributed by atoms with van der Waals surface area (Å²) in [7, 11) is 0. The van der Waals surface area contributed by atoms with Gasteiger partial charge in [0.2, 0.25) is 5.88 Å². The number of hydrogen-bond donors (Lipinski definition) is 3. The number of aliphatic hydroxyl groups is 1. The highest BCUT2D eigenvalue weighted by atomic mass is 16.5. The normalized spacial score (nSPS) is 22.9. The Kier molecular flexibility index (Phi) is 5.67. The van der Waals surface area contributed by atoms with Crippen LogP contribution in [0.2, 0.25) is 0 Å². The van der Waals surface area contributed by atoms with E-state index in [1.165, 1.54) is 6.42 Å². The van der Waals surface area contributed by atoms with E-state index in [-0.39, 0.29) is 12.1 Å². The van der Waals surface area contributed by atoms with Gasteiger partial charge in [0.25, 0.3) is 0 Å². The number of nitrogen functional groups attached to an aromatic ring is 1. The minimum Gasteiger partial charge on any atom is -0.476 e. The zero-order valence-electron chi connectivity index (χ0n) is 13.0.